The van der Waals surface area contributed by atoms with Gasteiger partial charge in [-0.2, -0.15) is 0 Å². The molecular formula is C16H29N5OS. The number of rotatable bonds is 7. The number of hydrogen-bond acceptors (Lipinski definition) is 3. The summed E-state index contributed by atoms with van der Waals surface area (Å²) in [6.07, 6.45) is 9.87. The Kier molecular flexibility index (Phi) is 7.58. The second-order valence-corrected chi connectivity index (χ2v) is 7.87. The summed E-state index contributed by atoms with van der Waals surface area (Å²) in [7, 11) is -0.689. The zero-order valence-electron chi connectivity index (χ0n) is 14.2. The van der Waals surface area contributed by atoms with Crippen molar-refractivity contribution in [2.45, 2.75) is 57.4 Å². The van der Waals surface area contributed by atoms with Crippen LogP contribution < -0.4 is 10.6 Å². The first-order valence-corrected chi connectivity index (χ1v) is 9.98. The lowest BCUT2D eigenvalue weighted by atomic mass is 9.95. The lowest BCUT2D eigenvalue weighted by Gasteiger charge is -2.30. The van der Waals surface area contributed by atoms with E-state index in [1.165, 1.54) is 0 Å². The van der Waals surface area contributed by atoms with Gasteiger partial charge >= 0.3 is 0 Å². The SMILES string of the molecule is CCNC(=NCCn1ccnc1)NC1CCCC(S(=O)CC)C1. The van der Waals surface area contributed by atoms with E-state index in [0.717, 1.165) is 50.5 Å². The molecule has 3 unspecified atom stereocenters. The highest BCUT2D eigenvalue weighted by molar-refractivity contribution is 7.85. The van der Waals surface area contributed by atoms with E-state index in [2.05, 4.69) is 27.5 Å². The fraction of sp³-hybridized carbons (Fsp3) is 0.750. The van der Waals surface area contributed by atoms with Gasteiger partial charge in [-0.1, -0.05) is 13.3 Å². The fourth-order valence-electron chi connectivity index (χ4n) is 2.96. The predicted octanol–water partition coefficient (Wildman–Crippen LogP) is 1.52. The normalized spacial score (nSPS) is 23.5. The Hall–Kier alpha value is -1.37. The zero-order chi connectivity index (χ0) is 16.5. The molecule has 0 aromatic carbocycles. The van der Waals surface area contributed by atoms with Crippen molar-refractivity contribution in [3.63, 3.8) is 0 Å². The van der Waals surface area contributed by atoms with Gasteiger partial charge in [0.25, 0.3) is 0 Å². The molecule has 1 aromatic heterocycles. The minimum absolute atomic E-state index is 0.333. The van der Waals surface area contributed by atoms with Gasteiger partial charge in [-0.05, 0) is 26.2 Å². The van der Waals surface area contributed by atoms with Gasteiger partial charge in [0, 0.05) is 53.3 Å². The number of nitrogens with zero attached hydrogens (tertiary/aromatic N) is 3. The maximum absolute atomic E-state index is 12.1. The second-order valence-electron chi connectivity index (χ2n) is 5.86. The molecule has 130 valence electrons. The van der Waals surface area contributed by atoms with Crippen LogP contribution in [0.25, 0.3) is 0 Å². The van der Waals surface area contributed by atoms with E-state index in [1.807, 2.05) is 24.0 Å². The maximum atomic E-state index is 12.1. The van der Waals surface area contributed by atoms with Gasteiger partial charge in [-0.15, -0.1) is 0 Å². The molecule has 0 amide bonds. The largest absolute Gasteiger partial charge is 0.357 e. The van der Waals surface area contributed by atoms with Gasteiger partial charge in [0.05, 0.1) is 12.9 Å². The molecule has 1 aliphatic carbocycles. The second kappa shape index (κ2) is 9.70. The number of nitrogens with one attached hydrogen (secondary N) is 2. The Bertz CT molecular complexity index is 503. The van der Waals surface area contributed by atoms with E-state index in [-0.39, 0.29) is 0 Å². The van der Waals surface area contributed by atoms with E-state index >= 15 is 0 Å². The molecule has 3 atom stereocenters. The van der Waals surface area contributed by atoms with Crippen LogP contribution in [0, 0.1) is 0 Å². The van der Waals surface area contributed by atoms with Crippen LogP contribution in [0.1, 0.15) is 39.5 Å². The van der Waals surface area contributed by atoms with Crippen LogP contribution in [0.15, 0.2) is 23.7 Å². The molecule has 0 saturated heterocycles. The molecule has 23 heavy (non-hydrogen) atoms. The lowest BCUT2D eigenvalue weighted by molar-refractivity contribution is 0.413. The van der Waals surface area contributed by atoms with E-state index in [1.54, 1.807) is 6.20 Å². The molecule has 2 N–H and O–H groups in total. The summed E-state index contributed by atoms with van der Waals surface area (Å²) in [4.78, 5) is 8.68. The number of guanidine groups is 1. The summed E-state index contributed by atoms with van der Waals surface area (Å²) in [5.74, 6) is 1.62. The van der Waals surface area contributed by atoms with E-state index in [9.17, 15) is 4.21 Å². The van der Waals surface area contributed by atoms with Crippen LogP contribution in [-0.2, 0) is 17.3 Å². The summed E-state index contributed by atoms with van der Waals surface area (Å²) >= 11 is 0. The minimum Gasteiger partial charge on any atom is -0.357 e. The molecule has 2 rings (SSSR count). The average Bonchev–Trinajstić information content (AvgIpc) is 3.08. The van der Waals surface area contributed by atoms with E-state index in [4.69, 9.17) is 0 Å². The van der Waals surface area contributed by atoms with Crippen LogP contribution in [0.5, 0.6) is 0 Å². The molecule has 0 radical (unpaired) electrons. The Balaban J connectivity index is 1.86. The molecule has 7 heteroatoms. The van der Waals surface area contributed by atoms with Crippen molar-refractivity contribution in [3.05, 3.63) is 18.7 Å². The topological polar surface area (TPSA) is 71.3 Å². The van der Waals surface area contributed by atoms with Gasteiger partial charge in [-0.3, -0.25) is 9.20 Å². The van der Waals surface area contributed by atoms with Gasteiger partial charge in [0.2, 0.25) is 0 Å². The Labute approximate surface area is 141 Å². The fourth-order valence-corrected chi connectivity index (χ4v) is 4.31. The molecule has 0 bridgehead atoms. The Morgan fingerprint density at radius 2 is 2.30 bits per heavy atom. The van der Waals surface area contributed by atoms with Crippen molar-refractivity contribution in [1.82, 2.24) is 20.2 Å². The number of aliphatic imine (C=N–C) groups is 1. The van der Waals surface area contributed by atoms with Crippen LogP contribution >= 0.6 is 0 Å². The smallest absolute Gasteiger partial charge is 0.191 e. The number of aromatic nitrogens is 2. The third-order valence-electron chi connectivity index (χ3n) is 4.15. The third kappa shape index (κ3) is 5.97. The highest BCUT2D eigenvalue weighted by Gasteiger charge is 2.25. The van der Waals surface area contributed by atoms with Gasteiger partial charge in [0.1, 0.15) is 0 Å². The van der Waals surface area contributed by atoms with Crippen molar-refractivity contribution < 1.29 is 4.21 Å². The molecule has 1 heterocycles. The van der Waals surface area contributed by atoms with Crippen molar-refractivity contribution >= 4 is 16.8 Å². The maximum Gasteiger partial charge on any atom is 0.191 e. The molecule has 0 aliphatic heterocycles. The molecule has 1 aromatic rings. The summed E-state index contributed by atoms with van der Waals surface area (Å²) in [6, 6.07) is 0.371. The summed E-state index contributed by atoms with van der Waals surface area (Å²) in [5, 5.41) is 7.17. The standard InChI is InChI=1S/C16H29N5OS/c1-3-18-16(19-9-11-21-10-8-17-13-21)20-14-6-5-7-15(12-14)23(22)4-2/h8,10,13-15H,3-7,9,11-12H2,1-2H3,(H2,18,19,20). The number of imidazole rings is 1. The molecule has 0 spiro atoms. The Morgan fingerprint density at radius 1 is 1.43 bits per heavy atom. The molecule has 6 nitrogen and oxygen atoms in total. The van der Waals surface area contributed by atoms with Crippen molar-refractivity contribution in [1.29, 1.82) is 0 Å². The first-order chi connectivity index (χ1) is 11.2. The first-order valence-electron chi connectivity index (χ1n) is 8.60. The van der Waals surface area contributed by atoms with Crippen LogP contribution in [0.3, 0.4) is 0 Å². The Morgan fingerprint density at radius 3 is 3.00 bits per heavy atom. The molecule has 1 saturated carbocycles. The first kappa shape index (κ1) is 18.0. The van der Waals surface area contributed by atoms with Crippen LogP contribution in [-0.4, -0.2) is 49.9 Å². The van der Waals surface area contributed by atoms with Gasteiger partial charge in [-0.25, -0.2) is 4.98 Å². The predicted molar refractivity (Wildman–Crippen MR) is 96.1 cm³/mol. The summed E-state index contributed by atoms with van der Waals surface area (Å²) in [6.45, 7) is 6.46. The lowest BCUT2D eigenvalue weighted by Crippen LogP contribution is -2.46. The highest BCUT2D eigenvalue weighted by atomic mass is 32.2. The third-order valence-corrected chi connectivity index (χ3v) is 5.90. The zero-order valence-corrected chi connectivity index (χ0v) is 15.0. The minimum atomic E-state index is -0.689. The monoisotopic (exact) mass is 339 g/mol. The molecule has 1 fully saturated rings. The average molecular weight is 340 g/mol. The van der Waals surface area contributed by atoms with E-state index in [0.29, 0.717) is 17.8 Å². The summed E-state index contributed by atoms with van der Waals surface area (Å²) in [5.41, 5.74) is 0. The van der Waals surface area contributed by atoms with Crippen molar-refractivity contribution in [2.24, 2.45) is 4.99 Å². The molecular weight excluding hydrogens is 310 g/mol. The van der Waals surface area contributed by atoms with Crippen molar-refractivity contribution in [3.8, 4) is 0 Å². The van der Waals surface area contributed by atoms with Crippen molar-refractivity contribution in [2.75, 3.05) is 18.8 Å². The summed E-state index contributed by atoms with van der Waals surface area (Å²) < 4.78 is 14.1. The van der Waals surface area contributed by atoms with E-state index < -0.39 is 10.8 Å². The van der Waals surface area contributed by atoms with Crippen LogP contribution in [0.2, 0.25) is 0 Å². The van der Waals surface area contributed by atoms with Gasteiger partial charge < -0.3 is 15.2 Å². The quantitative estimate of drug-likeness (QED) is 0.584. The number of hydrogen-bond donors (Lipinski definition) is 2. The molecule has 1 aliphatic rings. The van der Waals surface area contributed by atoms with Gasteiger partial charge in [0.15, 0.2) is 5.96 Å². The highest BCUT2D eigenvalue weighted by Crippen LogP contribution is 2.22. The van der Waals surface area contributed by atoms with Crippen LogP contribution in [0.4, 0.5) is 0 Å².